The number of phenols is 1. The SMILES string of the molecule is COc1cc(O)c2c(c1)C(=O)c1cc(C)c(O[C@H]3O[C@H](COC(C)=O)[C@@H](O)[C@H](O)[C@H]3O)cc1C2=O. The van der Waals surface area contributed by atoms with Crippen LogP contribution in [0.1, 0.15) is 44.3 Å². The van der Waals surface area contributed by atoms with Crippen LogP contribution in [-0.4, -0.2) is 82.4 Å². The highest BCUT2D eigenvalue weighted by molar-refractivity contribution is 6.29. The minimum atomic E-state index is -1.68. The molecule has 1 heterocycles. The van der Waals surface area contributed by atoms with Gasteiger partial charge >= 0.3 is 5.97 Å². The van der Waals surface area contributed by atoms with Gasteiger partial charge in [-0.05, 0) is 30.7 Å². The van der Waals surface area contributed by atoms with Crippen molar-refractivity contribution in [1.29, 1.82) is 0 Å². The van der Waals surface area contributed by atoms with E-state index in [2.05, 4.69) is 0 Å². The molecule has 0 amide bonds. The van der Waals surface area contributed by atoms with Crippen molar-refractivity contribution >= 4 is 17.5 Å². The zero-order valence-electron chi connectivity index (χ0n) is 19.0. The predicted molar refractivity (Wildman–Crippen MR) is 117 cm³/mol. The molecular formula is C24H24O11. The Bertz CT molecular complexity index is 1200. The first-order valence-electron chi connectivity index (χ1n) is 10.7. The van der Waals surface area contributed by atoms with Gasteiger partial charge in [-0.25, -0.2) is 0 Å². The maximum atomic E-state index is 13.2. The molecule has 11 heteroatoms. The molecule has 35 heavy (non-hydrogen) atoms. The van der Waals surface area contributed by atoms with Gasteiger partial charge in [0.15, 0.2) is 11.6 Å². The first-order valence-corrected chi connectivity index (χ1v) is 10.7. The Morgan fingerprint density at radius 3 is 2.31 bits per heavy atom. The lowest BCUT2D eigenvalue weighted by Gasteiger charge is -2.40. The highest BCUT2D eigenvalue weighted by Gasteiger charge is 2.45. The van der Waals surface area contributed by atoms with E-state index < -0.39 is 60.6 Å². The van der Waals surface area contributed by atoms with Crippen LogP contribution in [0.4, 0.5) is 0 Å². The molecule has 0 bridgehead atoms. The maximum Gasteiger partial charge on any atom is 0.302 e. The number of esters is 1. The zero-order valence-corrected chi connectivity index (χ0v) is 19.0. The molecule has 0 saturated carbocycles. The molecule has 186 valence electrons. The Morgan fingerprint density at radius 2 is 1.66 bits per heavy atom. The first-order chi connectivity index (χ1) is 16.5. The van der Waals surface area contributed by atoms with Crippen molar-refractivity contribution in [2.45, 2.75) is 44.6 Å². The Morgan fingerprint density at radius 1 is 0.971 bits per heavy atom. The summed E-state index contributed by atoms with van der Waals surface area (Å²) in [6, 6.07) is 5.32. The maximum absolute atomic E-state index is 13.2. The van der Waals surface area contributed by atoms with Crippen molar-refractivity contribution in [3.8, 4) is 17.2 Å². The van der Waals surface area contributed by atoms with Crippen molar-refractivity contribution in [3.63, 3.8) is 0 Å². The summed E-state index contributed by atoms with van der Waals surface area (Å²) in [7, 11) is 1.37. The van der Waals surface area contributed by atoms with E-state index in [1.165, 1.54) is 31.4 Å². The van der Waals surface area contributed by atoms with Gasteiger partial charge in [0.1, 0.15) is 48.3 Å². The summed E-state index contributed by atoms with van der Waals surface area (Å²) >= 11 is 0. The number of phenolic OH excluding ortho intramolecular Hbond substituents is 1. The Kier molecular flexibility index (Phi) is 6.52. The average Bonchev–Trinajstić information content (AvgIpc) is 2.82. The van der Waals surface area contributed by atoms with Crippen LogP contribution in [0.2, 0.25) is 0 Å². The predicted octanol–water partition coefficient (Wildman–Crippen LogP) is 0.234. The van der Waals surface area contributed by atoms with Gasteiger partial charge in [0.05, 0.1) is 12.7 Å². The van der Waals surface area contributed by atoms with Crippen LogP contribution in [0, 0.1) is 6.92 Å². The van der Waals surface area contributed by atoms with Crippen molar-refractivity contribution in [2.24, 2.45) is 0 Å². The molecule has 0 unspecified atom stereocenters. The zero-order chi connectivity index (χ0) is 25.6. The highest BCUT2D eigenvalue weighted by atomic mass is 16.7. The molecular weight excluding hydrogens is 464 g/mol. The fourth-order valence-corrected chi connectivity index (χ4v) is 4.08. The number of aliphatic hydroxyl groups is 3. The molecule has 2 aromatic carbocycles. The molecule has 2 aromatic rings. The molecule has 4 rings (SSSR count). The lowest BCUT2D eigenvalue weighted by atomic mass is 9.82. The molecule has 1 fully saturated rings. The van der Waals surface area contributed by atoms with E-state index in [1.54, 1.807) is 6.92 Å². The summed E-state index contributed by atoms with van der Waals surface area (Å²) in [6.07, 6.45) is -7.59. The molecule has 1 aliphatic carbocycles. The van der Waals surface area contributed by atoms with Crippen LogP contribution in [0.5, 0.6) is 17.2 Å². The number of hydrogen-bond donors (Lipinski definition) is 4. The number of methoxy groups -OCH3 is 1. The summed E-state index contributed by atoms with van der Waals surface area (Å²) < 4.78 is 21.2. The topological polar surface area (TPSA) is 169 Å². The molecule has 0 spiro atoms. The van der Waals surface area contributed by atoms with Crippen molar-refractivity contribution in [2.75, 3.05) is 13.7 Å². The molecule has 11 nitrogen and oxygen atoms in total. The fourth-order valence-electron chi connectivity index (χ4n) is 4.08. The normalized spacial score (nSPS) is 25.5. The van der Waals surface area contributed by atoms with Gasteiger partial charge in [0.2, 0.25) is 6.29 Å². The summed E-state index contributed by atoms with van der Waals surface area (Å²) in [4.78, 5) is 37.4. The van der Waals surface area contributed by atoms with Gasteiger partial charge in [-0.2, -0.15) is 0 Å². The number of ether oxygens (including phenoxy) is 4. The van der Waals surface area contributed by atoms with Gasteiger partial charge in [-0.3, -0.25) is 14.4 Å². The third-order valence-corrected chi connectivity index (χ3v) is 5.97. The van der Waals surface area contributed by atoms with Gasteiger partial charge in [-0.1, -0.05) is 0 Å². The number of aliphatic hydroxyl groups excluding tert-OH is 3. The fraction of sp³-hybridized carbons (Fsp3) is 0.375. The number of fused-ring (bicyclic) bond motifs is 2. The van der Waals surface area contributed by atoms with Crippen molar-refractivity contribution in [3.05, 3.63) is 52.1 Å². The number of aromatic hydroxyl groups is 1. The second-order valence-electron chi connectivity index (χ2n) is 8.33. The standard InChI is InChI=1S/C24H24O11/c1-9-4-12-13(20(28)18-14(19(12)27)5-11(32-3)6-15(18)26)7-16(9)34-24-23(31)22(30)21(29)17(35-24)8-33-10(2)25/h4-7,17,21-24,26,29-31H,8H2,1-3H3/t17-,21-,22+,23-,24+/m1/s1. The van der Waals surface area contributed by atoms with Crippen molar-refractivity contribution < 1.29 is 53.8 Å². The number of benzene rings is 2. The van der Waals surface area contributed by atoms with E-state index in [1.807, 2.05) is 0 Å². The Balaban J connectivity index is 1.66. The largest absolute Gasteiger partial charge is 0.507 e. The monoisotopic (exact) mass is 488 g/mol. The van der Waals surface area contributed by atoms with Crippen LogP contribution in [0.15, 0.2) is 24.3 Å². The Hall–Kier alpha value is -3.51. The van der Waals surface area contributed by atoms with Crippen LogP contribution in [0.25, 0.3) is 0 Å². The quantitative estimate of drug-likeness (QED) is 0.363. The van der Waals surface area contributed by atoms with E-state index in [0.717, 1.165) is 6.92 Å². The molecule has 0 radical (unpaired) electrons. The van der Waals surface area contributed by atoms with E-state index >= 15 is 0 Å². The van der Waals surface area contributed by atoms with Crippen LogP contribution < -0.4 is 9.47 Å². The van der Waals surface area contributed by atoms with Gasteiger partial charge in [0, 0.05) is 29.7 Å². The van der Waals surface area contributed by atoms with E-state index in [0.29, 0.717) is 5.56 Å². The van der Waals surface area contributed by atoms with E-state index in [9.17, 15) is 34.8 Å². The molecule has 5 atom stereocenters. The van der Waals surface area contributed by atoms with E-state index in [4.69, 9.17) is 18.9 Å². The van der Waals surface area contributed by atoms with Gasteiger partial charge < -0.3 is 39.4 Å². The lowest BCUT2D eigenvalue weighted by Crippen LogP contribution is -2.60. The van der Waals surface area contributed by atoms with Crippen molar-refractivity contribution in [1.82, 2.24) is 0 Å². The molecule has 4 N–H and O–H groups in total. The van der Waals surface area contributed by atoms with Gasteiger partial charge in [0.25, 0.3) is 0 Å². The Labute approximate surface area is 199 Å². The third kappa shape index (κ3) is 4.34. The minimum Gasteiger partial charge on any atom is -0.507 e. The van der Waals surface area contributed by atoms with Crippen LogP contribution in [-0.2, 0) is 14.3 Å². The highest BCUT2D eigenvalue weighted by Crippen LogP contribution is 2.38. The van der Waals surface area contributed by atoms with Crippen LogP contribution >= 0.6 is 0 Å². The first kappa shape index (κ1) is 24.6. The molecule has 1 saturated heterocycles. The number of carbonyl (C=O) groups is 3. The molecule has 2 aliphatic rings. The second-order valence-corrected chi connectivity index (χ2v) is 8.33. The molecule has 1 aliphatic heterocycles. The molecule has 0 aromatic heterocycles. The number of rotatable bonds is 5. The summed E-state index contributed by atoms with van der Waals surface area (Å²) in [6.45, 7) is 2.37. The van der Waals surface area contributed by atoms with E-state index in [-0.39, 0.29) is 33.8 Å². The van der Waals surface area contributed by atoms with Gasteiger partial charge in [-0.15, -0.1) is 0 Å². The third-order valence-electron chi connectivity index (χ3n) is 5.97. The average molecular weight is 488 g/mol. The number of ketones is 2. The number of hydrogen-bond acceptors (Lipinski definition) is 11. The minimum absolute atomic E-state index is 0.00359. The second kappa shape index (κ2) is 9.27. The summed E-state index contributed by atoms with van der Waals surface area (Å²) in [5, 5.41) is 41.1. The van der Waals surface area contributed by atoms with Crippen LogP contribution in [0.3, 0.4) is 0 Å². The smallest absolute Gasteiger partial charge is 0.302 e. The number of aryl methyl sites for hydroxylation is 1. The lowest BCUT2D eigenvalue weighted by molar-refractivity contribution is -0.278. The number of carbonyl (C=O) groups excluding carboxylic acids is 3. The summed E-state index contributed by atoms with van der Waals surface area (Å²) in [5.74, 6) is -1.88. The summed E-state index contributed by atoms with van der Waals surface area (Å²) in [5.41, 5.74) is 0.295.